The lowest BCUT2D eigenvalue weighted by Gasteiger charge is -2.13. The number of phenols is 1. The molecule has 2 aromatic rings. The Morgan fingerprint density at radius 2 is 1.91 bits per heavy atom. The highest BCUT2D eigenvalue weighted by Crippen LogP contribution is 2.37. The second-order valence-corrected chi connectivity index (χ2v) is 8.27. The summed E-state index contributed by atoms with van der Waals surface area (Å²) in [7, 11) is 0. The quantitative estimate of drug-likeness (QED) is 0.288. The number of hydrogen-bond donors (Lipinski definition) is 1. The lowest BCUT2D eigenvalue weighted by atomic mass is 10.0. The van der Waals surface area contributed by atoms with Crippen molar-refractivity contribution in [2.24, 2.45) is 0 Å². The molecule has 10 heteroatoms. The molecular formula is C22H20N2O7S. The number of thioether (sulfide) groups is 1. The fourth-order valence-corrected chi connectivity index (χ4v) is 3.92. The fourth-order valence-electron chi connectivity index (χ4n) is 3.09. The smallest absolute Gasteiger partial charge is 0.326 e. The van der Waals surface area contributed by atoms with Crippen LogP contribution in [0.1, 0.15) is 30.5 Å². The van der Waals surface area contributed by atoms with Gasteiger partial charge in [-0.1, -0.05) is 30.3 Å². The molecular weight excluding hydrogens is 436 g/mol. The monoisotopic (exact) mass is 456 g/mol. The van der Waals surface area contributed by atoms with Gasteiger partial charge in [-0.2, -0.15) is 0 Å². The first-order valence-electron chi connectivity index (χ1n) is 9.64. The van der Waals surface area contributed by atoms with Gasteiger partial charge in [0, 0.05) is 11.6 Å². The number of ether oxygens (including phenoxy) is 1. The highest BCUT2D eigenvalue weighted by Gasteiger charge is 2.37. The number of rotatable bonds is 7. The largest absolute Gasteiger partial charge is 0.502 e. The molecule has 0 unspecified atom stereocenters. The van der Waals surface area contributed by atoms with Crippen LogP contribution in [0.3, 0.4) is 0 Å². The summed E-state index contributed by atoms with van der Waals surface area (Å²) in [5.74, 6) is -2.08. The Morgan fingerprint density at radius 1 is 1.22 bits per heavy atom. The molecule has 0 atom stereocenters. The predicted octanol–water partition coefficient (Wildman–Crippen LogP) is 3.88. The van der Waals surface area contributed by atoms with Crippen LogP contribution < -0.4 is 0 Å². The summed E-state index contributed by atoms with van der Waals surface area (Å²) in [6.07, 6.45) is 1.18. The minimum absolute atomic E-state index is 0.0281. The number of phenolic OH excluding ortho intramolecular Hbond substituents is 1. The van der Waals surface area contributed by atoms with Crippen molar-refractivity contribution in [3.63, 3.8) is 0 Å². The second kappa shape index (κ2) is 9.65. The van der Waals surface area contributed by atoms with Crippen LogP contribution in [0.15, 0.2) is 47.4 Å². The molecule has 0 spiro atoms. The number of aromatic hydroxyl groups is 1. The fraction of sp³-hybridized carbons (Fsp3) is 0.227. The standard InChI is InChI=1S/C22H20N2O7S/c1-13(2)31-19(25)12-23-21(27)18(32-22(23)28)11-16-9-15(8-14-6-4-3-5-7-14)10-17(20(16)26)24(29)30/h3-7,9-11,13,26H,8,12H2,1-2H3/b18-11-. The third kappa shape index (κ3) is 5.33. The van der Waals surface area contributed by atoms with Crippen molar-refractivity contribution in [3.8, 4) is 5.75 Å². The van der Waals surface area contributed by atoms with E-state index in [-0.39, 0.29) is 10.5 Å². The van der Waals surface area contributed by atoms with Gasteiger partial charge in [-0.05, 0) is 55.3 Å². The molecule has 2 aromatic carbocycles. The molecule has 1 heterocycles. The molecule has 0 saturated carbocycles. The van der Waals surface area contributed by atoms with E-state index >= 15 is 0 Å². The van der Waals surface area contributed by atoms with Crippen molar-refractivity contribution >= 4 is 40.6 Å². The van der Waals surface area contributed by atoms with E-state index < -0.39 is 46.1 Å². The number of amides is 2. The van der Waals surface area contributed by atoms with Crippen LogP contribution in [0, 0.1) is 10.1 Å². The highest BCUT2D eigenvalue weighted by atomic mass is 32.2. The van der Waals surface area contributed by atoms with Gasteiger partial charge in [0.25, 0.3) is 11.1 Å². The zero-order chi connectivity index (χ0) is 23.4. The number of nitro benzene ring substituents is 1. The second-order valence-electron chi connectivity index (χ2n) is 7.28. The van der Waals surface area contributed by atoms with Crippen LogP contribution in [0.25, 0.3) is 6.08 Å². The van der Waals surface area contributed by atoms with E-state index in [9.17, 15) is 29.6 Å². The molecule has 1 aliphatic heterocycles. The SMILES string of the molecule is CC(C)OC(=O)CN1C(=O)S/C(=C\c2cc(Cc3ccccc3)cc([N+](=O)[O-])c2O)C1=O. The summed E-state index contributed by atoms with van der Waals surface area (Å²) in [6, 6.07) is 12.0. The van der Waals surface area contributed by atoms with E-state index in [2.05, 4.69) is 0 Å². The van der Waals surface area contributed by atoms with Crippen molar-refractivity contribution in [2.75, 3.05) is 6.54 Å². The number of carbonyl (C=O) groups is 3. The van der Waals surface area contributed by atoms with Gasteiger partial charge in [-0.15, -0.1) is 0 Å². The number of benzene rings is 2. The average Bonchev–Trinajstić information content (AvgIpc) is 2.97. The molecule has 2 amide bonds. The first-order valence-corrected chi connectivity index (χ1v) is 10.5. The van der Waals surface area contributed by atoms with Gasteiger partial charge in [-0.25, -0.2) is 0 Å². The van der Waals surface area contributed by atoms with E-state index in [1.807, 2.05) is 30.3 Å². The first-order chi connectivity index (χ1) is 15.2. The van der Waals surface area contributed by atoms with E-state index in [4.69, 9.17) is 4.74 Å². The molecule has 0 aliphatic carbocycles. The molecule has 1 fully saturated rings. The Balaban J connectivity index is 1.92. The first kappa shape index (κ1) is 23.0. The number of carbonyl (C=O) groups excluding carboxylic acids is 3. The molecule has 166 valence electrons. The van der Waals surface area contributed by atoms with E-state index in [0.717, 1.165) is 10.5 Å². The number of nitrogens with zero attached hydrogens (tertiary/aromatic N) is 2. The van der Waals surface area contributed by atoms with Crippen molar-refractivity contribution in [1.29, 1.82) is 0 Å². The molecule has 9 nitrogen and oxygen atoms in total. The summed E-state index contributed by atoms with van der Waals surface area (Å²) in [4.78, 5) is 48.1. The molecule has 1 N–H and O–H groups in total. The van der Waals surface area contributed by atoms with Crippen LogP contribution in [0.4, 0.5) is 10.5 Å². The summed E-state index contributed by atoms with van der Waals surface area (Å²) in [5, 5.41) is 21.2. The van der Waals surface area contributed by atoms with E-state index in [1.165, 1.54) is 18.2 Å². The van der Waals surface area contributed by atoms with Gasteiger partial charge in [0.1, 0.15) is 6.54 Å². The predicted molar refractivity (Wildman–Crippen MR) is 118 cm³/mol. The summed E-state index contributed by atoms with van der Waals surface area (Å²) < 4.78 is 4.97. The van der Waals surface area contributed by atoms with Gasteiger partial charge in [0.05, 0.1) is 15.9 Å². The van der Waals surface area contributed by atoms with Crippen LogP contribution in [-0.4, -0.2) is 44.7 Å². The number of esters is 1. The number of hydrogen-bond acceptors (Lipinski definition) is 8. The minimum atomic E-state index is -0.740. The van der Waals surface area contributed by atoms with Gasteiger partial charge >= 0.3 is 11.7 Å². The third-order valence-corrected chi connectivity index (χ3v) is 5.35. The molecule has 1 saturated heterocycles. The normalized spacial score (nSPS) is 15.0. The van der Waals surface area contributed by atoms with Crippen LogP contribution in [0.2, 0.25) is 0 Å². The topological polar surface area (TPSA) is 127 Å². The van der Waals surface area contributed by atoms with Crippen molar-refractivity contribution in [2.45, 2.75) is 26.4 Å². The summed E-state index contributed by atoms with van der Waals surface area (Å²) in [6.45, 7) is 2.74. The van der Waals surface area contributed by atoms with Gasteiger partial charge < -0.3 is 9.84 Å². The van der Waals surface area contributed by atoms with Gasteiger partial charge in [-0.3, -0.25) is 29.4 Å². The molecule has 0 aromatic heterocycles. The molecule has 0 radical (unpaired) electrons. The molecule has 3 rings (SSSR count). The Labute approximate surface area is 187 Å². The maximum absolute atomic E-state index is 12.6. The Hall–Kier alpha value is -3.66. The third-order valence-electron chi connectivity index (χ3n) is 4.44. The Kier molecular flexibility index (Phi) is 6.94. The maximum atomic E-state index is 12.6. The van der Waals surface area contributed by atoms with E-state index in [1.54, 1.807) is 13.8 Å². The summed E-state index contributed by atoms with van der Waals surface area (Å²) >= 11 is 0.580. The van der Waals surface area contributed by atoms with Gasteiger partial charge in [0.2, 0.25) is 5.75 Å². The van der Waals surface area contributed by atoms with E-state index in [0.29, 0.717) is 23.7 Å². The Bertz CT molecular complexity index is 1110. The average molecular weight is 456 g/mol. The van der Waals surface area contributed by atoms with Crippen LogP contribution >= 0.6 is 11.8 Å². The molecule has 1 aliphatic rings. The maximum Gasteiger partial charge on any atom is 0.326 e. The van der Waals surface area contributed by atoms with Crippen molar-refractivity contribution in [3.05, 3.63) is 74.2 Å². The Morgan fingerprint density at radius 3 is 2.53 bits per heavy atom. The molecule has 0 bridgehead atoms. The number of imide groups is 1. The highest BCUT2D eigenvalue weighted by molar-refractivity contribution is 8.18. The van der Waals surface area contributed by atoms with Crippen molar-refractivity contribution < 1.29 is 29.2 Å². The number of nitro groups is 1. The zero-order valence-corrected chi connectivity index (χ0v) is 18.1. The lowest BCUT2D eigenvalue weighted by Crippen LogP contribution is -2.35. The van der Waals surface area contributed by atoms with Crippen LogP contribution in [0.5, 0.6) is 5.75 Å². The summed E-state index contributed by atoms with van der Waals surface area (Å²) in [5.41, 5.74) is 0.971. The lowest BCUT2D eigenvalue weighted by molar-refractivity contribution is -0.385. The minimum Gasteiger partial charge on any atom is -0.502 e. The van der Waals surface area contributed by atoms with Gasteiger partial charge in [0.15, 0.2) is 0 Å². The van der Waals surface area contributed by atoms with Crippen LogP contribution in [-0.2, 0) is 20.7 Å². The van der Waals surface area contributed by atoms with Crippen molar-refractivity contribution in [1.82, 2.24) is 4.90 Å². The molecule has 32 heavy (non-hydrogen) atoms. The zero-order valence-electron chi connectivity index (χ0n) is 17.3.